The highest BCUT2D eigenvalue weighted by Crippen LogP contribution is 2.14. The van der Waals surface area contributed by atoms with Crippen LogP contribution in [0.2, 0.25) is 0 Å². The maximum atomic E-state index is 11.0. The zero-order chi connectivity index (χ0) is 12.6. The summed E-state index contributed by atoms with van der Waals surface area (Å²) < 4.78 is 4.80. The molecule has 0 aliphatic heterocycles. The van der Waals surface area contributed by atoms with Crippen molar-refractivity contribution in [1.29, 1.82) is 0 Å². The monoisotopic (exact) mass is 231 g/mol. The number of rotatable bonds is 8. The lowest BCUT2D eigenvalue weighted by molar-refractivity contribution is -0.143. The summed E-state index contributed by atoms with van der Waals surface area (Å²) in [5.41, 5.74) is -0.706. The van der Waals surface area contributed by atoms with Crippen molar-refractivity contribution in [2.75, 3.05) is 19.7 Å². The molecule has 1 atom stereocenters. The van der Waals surface area contributed by atoms with Crippen LogP contribution in [0.15, 0.2) is 0 Å². The molecule has 0 spiro atoms. The molecule has 0 aliphatic rings. The van der Waals surface area contributed by atoms with E-state index in [4.69, 9.17) is 4.74 Å². The summed E-state index contributed by atoms with van der Waals surface area (Å²) in [6.07, 6.45) is 1.10. The molecule has 0 aromatic rings. The van der Waals surface area contributed by atoms with Crippen LogP contribution in [0.3, 0.4) is 0 Å². The molecule has 0 saturated carbocycles. The molecule has 0 aromatic heterocycles. The fraction of sp³-hybridized carbons (Fsp3) is 0.917. The van der Waals surface area contributed by atoms with Crippen molar-refractivity contribution in [3.63, 3.8) is 0 Å². The first kappa shape index (κ1) is 15.4. The maximum Gasteiger partial charge on any atom is 0.307 e. The Hall–Kier alpha value is -0.610. The topological polar surface area (TPSA) is 58.6 Å². The zero-order valence-corrected chi connectivity index (χ0v) is 10.9. The summed E-state index contributed by atoms with van der Waals surface area (Å²) in [5, 5.41) is 13.0. The van der Waals surface area contributed by atoms with Crippen molar-refractivity contribution in [3.8, 4) is 0 Å². The van der Waals surface area contributed by atoms with Crippen molar-refractivity contribution in [2.45, 2.75) is 46.1 Å². The Bertz CT molecular complexity index is 202. The lowest BCUT2D eigenvalue weighted by Gasteiger charge is -2.25. The van der Waals surface area contributed by atoms with Gasteiger partial charge in [0.05, 0.1) is 18.6 Å². The van der Waals surface area contributed by atoms with Gasteiger partial charge in [0, 0.05) is 13.1 Å². The first-order valence-corrected chi connectivity index (χ1v) is 5.96. The third-order valence-electron chi connectivity index (χ3n) is 2.17. The largest absolute Gasteiger partial charge is 0.466 e. The second-order valence-electron chi connectivity index (χ2n) is 4.83. The van der Waals surface area contributed by atoms with Gasteiger partial charge in [0.2, 0.25) is 0 Å². The van der Waals surface area contributed by atoms with Gasteiger partial charge in [0.1, 0.15) is 0 Å². The van der Waals surface area contributed by atoms with Gasteiger partial charge in [-0.1, -0.05) is 13.8 Å². The van der Waals surface area contributed by atoms with Crippen LogP contribution in [0.4, 0.5) is 0 Å². The summed E-state index contributed by atoms with van der Waals surface area (Å²) in [6, 6.07) is 0. The summed E-state index contributed by atoms with van der Waals surface area (Å²) in [4.78, 5) is 11.0. The molecule has 0 amide bonds. The molecule has 0 fully saturated rings. The predicted molar refractivity (Wildman–Crippen MR) is 64.2 cm³/mol. The van der Waals surface area contributed by atoms with Crippen LogP contribution in [0.25, 0.3) is 0 Å². The lowest BCUT2D eigenvalue weighted by atomic mass is 9.94. The Kier molecular flexibility index (Phi) is 7.34. The van der Waals surface area contributed by atoms with Gasteiger partial charge in [-0.2, -0.15) is 0 Å². The molecular weight excluding hydrogens is 206 g/mol. The fourth-order valence-corrected chi connectivity index (χ4v) is 1.73. The van der Waals surface area contributed by atoms with E-state index in [9.17, 15) is 9.90 Å². The minimum atomic E-state index is -0.706. The summed E-state index contributed by atoms with van der Waals surface area (Å²) >= 11 is 0. The number of hydrogen-bond donors (Lipinski definition) is 2. The van der Waals surface area contributed by atoms with Crippen molar-refractivity contribution in [1.82, 2.24) is 5.32 Å². The van der Waals surface area contributed by atoms with Gasteiger partial charge in [-0.25, -0.2) is 0 Å². The first-order valence-electron chi connectivity index (χ1n) is 5.96. The number of carbonyl (C=O) groups excluding carboxylic acids is 1. The van der Waals surface area contributed by atoms with Crippen LogP contribution in [0, 0.1) is 5.92 Å². The Labute approximate surface area is 98.4 Å². The van der Waals surface area contributed by atoms with E-state index in [1.54, 1.807) is 6.92 Å². The highest BCUT2D eigenvalue weighted by Gasteiger charge is 2.21. The summed E-state index contributed by atoms with van der Waals surface area (Å²) in [7, 11) is 0. The minimum absolute atomic E-state index is 0.196. The third-order valence-corrected chi connectivity index (χ3v) is 2.17. The number of carbonyl (C=O) groups is 1. The normalized spacial score (nSPS) is 14.9. The van der Waals surface area contributed by atoms with Gasteiger partial charge in [0.15, 0.2) is 0 Å². The van der Waals surface area contributed by atoms with E-state index >= 15 is 0 Å². The molecular formula is C12H25NO3. The van der Waals surface area contributed by atoms with E-state index in [2.05, 4.69) is 19.2 Å². The Balaban J connectivity index is 3.61. The van der Waals surface area contributed by atoms with Gasteiger partial charge in [0.25, 0.3) is 0 Å². The van der Waals surface area contributed by atoms with E-state index in [1.165, 1.54) is 0 Å². The summed E-state index contributed by atoms with van der Waals surface area (Å²) in [6.45, 7) is 9.23. The molecule has 0 saturated heterocycles. The molecule has 0 aliphatic carbocycles. The Morgan fingerprint density at radius 3 is 2.62 bits per heavy atom. The highest BCUT2D eigenvalue weighted by atomic mass is 16.5. The van der Waals surface area contributed by atoms with Gasteiger partial charge in [-0.05, 0) is 26.2 Å². The molecule has 0 radical (unpaired) electrons. The average molecular weight is 231 g/mol. The van der Waals surface area contributed by atoms with Crippen LogP contribution in [0.1, 0.15) is 40.5 Å². The second-order valence-corrected chi connectivity index (χ2v) is 4.83. The maximum absolute atomic E-state index is 11.0. The molecule has 0 bridgehead atoms. The van der Waals surface area contributed by atoms with Crippen LogP contribution in [0.5, 0.6) is 0 Å². The number of esters is 1. The predicted octanol–water partition coefficient (Wildman–Crippen LogP) is 1.33. The van der Waals surface area contributed by atoms with Gasteiger partial charge in [-0.3, -0.25) is 4.79 Å². The zero-order valence-electron chi connectivity index (χ0n) is 10.9. The Morgan fingerprint density at radius 2 is 2.12 bits per heavy atom. The van der Waals surface area contributed by atoms with Crippen molar-refractivity contribution in [3.05, 3.63) is 0 Å². The molecule has 1 unspecified atom stereocenters. The van der Waals surface area contributed by atoms with E-state index in [0.29, 0.717) is 32.0 Å². The fourth-order valence-electron chi connectivity index (χ4n) is 1.73. The number of ether oxygens (including phenoxy) is 1. The first-order chi connectivity index (χ1) is 7.37. The molecule has 16 heavy (non-hydrogen) atoms. The van der Waals surface area contributed by atoms with Crippen molar-refractivity contribution >= 4 is 5.97 Å². The molecule has 96 valence electrons. The lowest BCUT2D eigenvalue weighted by Crippen LogP contribution is -2.39. The second kappa shape index (κ2) is 7.63. The molecule has 4 heteroatoms. The molecule has 0 rings (SSSR count). The standard InChI is InChI=1S/C12H25NO3/c1-5-16-11(14)6-7-13-9-12(4,15)8-10(2)3/h10,13,15H,5-9H2,1-4H3. The number of hydrogen-bond acceptors (Lipinski definition) is 4. The van der Waals surface area contributed by atoms with E-state index in [1.807, 2.05) is 6.92 Å². The SMILES string of the molecule is CCOC(=O)CCNCC(C)(O)CC(C)C. The average Bonchev–Trinajstić information content (AvgIpc) is 2.11. The van der Waals surface area contributed by atoms with Crippen LogP contribution < -0.4 is 5.32 Å². The quantitative estimate of drug-likeness (QED) is 0.489. The van der Waals surface area contributed by atoms with Gasteiger partial charge >= 0.3 is 5.97 Å². The molecule has 0 heterocycles. The van der Waals surface area contributed by atoms with E-state index in [0.717, 1.165) is 6.42 Å². The molecule has 0 aromatic carbocycles. The number of nitrogens with one attached hydrogen (secondary N) is 1. The van der Waals surface area contributed by atoms with Crippen LogP contribution >= 0.6 is 0 Å². The van der Waals surface area contributed by atoms with Crippen molar-refractivity contribution < 1.29 is 14.6 Å². The molecule has 2 N–H and O–H groups in total. The van der Waals surface area contributed by atoms with E-state index < -0.39 is 5.60 Å². The van der Waals surface area contributed by atoms with Crippen LogP contribution in [-0.2, 0) is 9.53 Å². The Morgan fingerprint density at radius 1 is 1.50 bits per heavy atom. The van der Waals surface area contributed by atoms with E-state index in [-0.39, 0.29) is 5.97 Å². The highest BCUT2D eigenvalue weighted by molar-refractivity contribution is 5.69. The number of aliphatic hydroxyl groups is 1. The van der Waals surface area contributed by atoms with Gasteiger partial charge < -0.3 is 15.2 Å². The summed E-state index contributed by atoms with van der Waals surface area (Å²) in [5.74, 6) is 0.264. The van der Waals surface area contributed by atoms with Crippen LogP contribution in [-0.4, -0.2) is 36.4 Å². The van der Waals surface area contributed by atoms with Gasteiger partial charge in [-0.15, -0.1) is 0 Å². The third kappa shape index (κ3) is 8.68. The minimum Gasteiger partial charge on any atom is -0.466 e. The smallest absolute Gasteiger partial charge is 0.307 e. The molecule has 4 nitrogen and oxygen atoms in total. The van der Waals surface area contributed by atoms with Crippen molar-refractivity contribution in [2.24, 2.45) is 5.92 Å².